The molecule has 0 spiro atoms. The number of carbonyl (C=O) groups is 3. The van der Waals surface area contributed by atoms with E-state index >= 15 is 0 Å². The van der Waals surface area contributed by atoms with Gasteiger partial charge in [-0.25, -0.2) is 0 Å². The average Bonchev–Trinajstić information content (AvgIpc) is 3.41. The second-order valence-corrected chi connectivity index (χ2v) is 8.82. The molecule has 3 amide bonds. The van der Waals surface area contributed by atoms with Crippen molar-refractivity contribution >= 4 is 45.6 Å². The Kier molecular flexibility index (Phi) is 4.65. The van der Waals surface area contributed by atoms with Crippen LogP contribution in [0.3, 0.4) is 0 Å². The fourth-order valence-corrected chi connectivity index (χ4v) is 5.18. The Morgan fingerprint density at radius 3 is 2.70 bits per heavy atom. The van der Waals surface area contributed by atoms with Gasteiger partial charge in [0, 0.05) is 34.6 Å². The van der Waals surface area contributed by atoms with Crippen LogP contribution in [0, 0.1) is 0 Å². The van der Waals surface area contributed by atoms with Crippen molar-refractivity contribution in [3.05, 3.63) is 48.3 Å². The van der Waals surface area contributed by atoms with E-state index in [1.165, 1.54) is 0 Å². The third kappa shape index (κ3) is 3.27. The Balaban J connectivity index is 1.34. The van der Waals surface area contributed by atoms with Crippen molar-refractivity contribution in [1.29, 1.82) is 0 Å². The maximum atomic E-state index is 13.3. The minimum absolute atomic E-state index is 0.207. The number of amides is 3. The molecule has 0 radical (unpaired) electrons. The van der Waals surface area contributed by atoms with E-state index in [4.69, 9.17) is 0 Å². The summed E-state index contributed by atoms with van der Waals surface area (Å²) in [5, 5.41) is 15.5. The van der Waals surface area contributed by atoms with Gasteiger partial charge in [-0.15, -0.1) is 0 Å². The number of anilines is 3. The van der Waals surface area contributed by atoms with E-state index in [0.29, 0.717) is 23.7 Å². The molecule has 1 atom stereocenters. The summed E-state index contributed by atoms with van der Waals surface area (Å²) in [7, 11) is 0. The Labute approximate surface area is 190 Å². The van der Waals surface area contributed by atoms with E-state index in [2.05, 4.69) is 21.0 Å². The summed E-state index contributed by atoms with van der Waals surface area (Å²) in [4.78, 5) is 38.9. The lowest BCUT2D eigenvalue weighted by atomic mass is 10.0. The zero-order valence-electron chi connectivity index (χ0n) is 18.0. The minimum Gasteiger partial charge on any atom is -0.352 e. The molecule has 2 saturated heterocycles. The number of rotatable bonds is 4. The van der Waals surface area contributed by atoms with Crippen LogP contribution in [0.2, 0.25) is 0 Å². The summed E-state index contributed by atoms with van der Waals surface area (Å²) < 4.78 is 2.03. The van der Waals surface area contributed by atoms with E-state index in [9.17, 15) is 14.4 Å². The van der Waals surface area contributed by atoms with Crippen molar-refractivity contribution in [2.75, 3.05) is 23.3 Å². The normalized spacial score (nSPS) is 21.0. The van der Waals surface area contributed by atoms with Gasteiger partial charge in [0.05, 0.1) is 23.6 Å². The maximum Gasteiger partial charge on any atom is 0.259 e. The number of hydrogen-bond donors (Lipinski definition) is 3. The van der Waals surface area contributed by atoms with Crippen molar-refractivity contribution in [2.24, 2.45) is 0 Å². The molecule has 3 N–H and O–H groups in total. The molecular formula is C24H24N6O3. The van der Waals surface area contributed by atoms with Crippen molar-refractivity contribution in [1.82, 2.24) is 20.4 Å². The predicted octanol–water partition coefficient (Wildman–Crippen LogP) is 2.47. The molecule has 1 unspecified atom stereocenters. The fourth-order valence-electron chi connectivity index (χ4n) is 5.18. The van der Waals surface area contributed by atoms with Crippen LogP contribution < -0.4 is 20.9 Å². The van der Waals surface area contributed by atoms with Crippen LogP contribution in [0.1, 0.15) is 42.1 Å². The van der Waals surface area contributed by atoms with Gasteiger partial charge in [0.2, 0.25) is 11.8 Å². The van der Waals surface area contributed by atoms with Crippen molar-refractivity contribution in [3.63, 3.8) is 0 Å². The first-order valence-corrected chi connectivity index (χ1v) is 11.3. The average molecular weight is 444 g/mol. The zero-order valence-corrected chi connectivity index (χ0v) is 18.0. The molecule has 168 valence electrons. The quantitative estimate of drug-likeness (QED) is 0.534. The number of imide groups is 1. The van der Waals surface area contributed by atoms with Gasteiger partial charge in [-0.2, -0.15) is 5.10 Å². The first kappa shape index (κ1) is 19.9. The number of nitrogens with one attached hydrogen (secondary N) is 3. The molecule has 1 aromatic heterocycles. The van der Waals surface area contributed by atoms with Crippen molar-refractivity contribution in [3.8, 4) is 0 Å². The van der Waals surface area contributed by atoms with E-state index in [1.54, 1.807) is 11.0 Å². The van der Waals surface area contributed by atoms with Crippen LogP contribution in [0.25, 0.3) is 10.8 Å². The summed E-state index contributed by atoms with van der Waals surface area (Å²) in [5.74, 6) is -0.927. The molecule has 3 aromatic rings. The van der Waals surface area contributed by atoms with E-state index in [1.807, 2.05) is 41.3 Å². The van der Waals surface area contributed by atoms with Crippen LogP contribution in [0.5, 0.6) is 0 Å². The smallest absolute Gasteiger partial charge is 0.259 e. The summed E-state index contributed by atoms with van der Waals surface area (Å²) in [5.41, 5.74) is 3.04. The van der Waals surface area contributed by atoms with Crippen molar-refractivity contribution < 1.29 is 14.4 Å². The topological polar surface area (TPSA) is 108 Å². The third-order valence-corrected chi connectivity index (χ3v) is 6.81. The highest BCUT2D eigenvalue weighted by Gasteiger charge is 2.40. The number of carbonyl (C=O) groups excluding carboxylic acids is 3. The molecule has 3 aliphatic rings. The molecule has 6 rings (SSSR count). The van der Waals surface area contributed by atoms with Gasteiger partial charge in [0.15, 0.2) is 0 Å². The predicted molar refractivity (Wildman–Crippen MR) is 124 cm³/mol. The first-order valence-electron chi connectivity index (χ1n) is 11.3. The molecule has 0 saturated carbocycles. The largest absolute Gasteiger partial charge is 0.352 e. The highest BCUT2D eigenvalue weighted by molar-refractivity contribution is 6.28. The summed E-state index contributed by atoms with van der Waals surface area (Å²) >= 11 is 0. The number of benzene rings is 2. The summed E-state index contributed by atoms with van der Waals surface area (Å²) in [6, 6.07) is 9.14. The highest BCUT2D eigenvalue weighted by Crippen LogP contribution is 2.43. The second-order valence-electron chi connectivity index (χ2n) is 8.82. The van der Waals surface area contributed by atoms with Gasteiger partial charge in [-0.1, -0.05) is 12.1 Å². The highest BCUT2D eigenvalue weighted by atomic mass is 16.2. The van der Waals surface area contributed by atoms with E-state index in [0.717, 1.165) is 48.1 Å². The standard InChI is InChI=1S/C24H24N6O3/c31-21-7-6-20(23(32)28-21)30-19-5-4-18(16-2-1-3-17(22(16)19)24(30)33)27-14-12-26-29(13-14)15-8-10-25-11-9-15/h1-5,12-13,15,20,25,27H,6-11H2,(H,28,31,32). The minimum atomic E-state index is -0.687. The van der Waals surface area contributed by atoms with Gasteiger partial charge in [-0.3, -0.25) is 29.3 Å². The number of hydrogen-bond acceptors (Lipinski definition) is 6. The molecule has 0 aliphatic carbocycles. The van der Waals surface area contributed by atoms with Gasteiger partial charge in [0.1, 0.15) is 6.04 Å². The third-order valence-electron chi connectivity index (χ3n) is 6.81. The molecule has 0 bridgehead atoms. The molecule has 3 aliphatic heterocycles. The lowest BCUT2D eigenvalue weighted by Crippen LogP contribution is -2.53. The van der Waals surface area contributed by atoms with Gasteiger partial charge < -0.3 is 10.6 Å². The monoisotopic (exact) mass is 444 g/mol. The molecule has 2 aromatic carbocycles. The number of nitrogens with zero attached hydrogens (tertiary/aromatic N) is 3. The maximum absolute atomic E-state index is 13.3. The Hall–Kier alpha value is -3.72. The van der Waals surface area contributed by atoms with Crippen LogP contribution in [-0.4, -0.2) is 46.6 Å². The Bertz CT molecular complexity index is 1290. The van der Waals surface area contributed by atoms with Crippen molar-refractivity contribution in [2.45, 2.75) is 37.8 Å². The molecule has 33 heavy (non-hydrogen) atoms. The van der Waals surface area contributed by atoms with Crippen LogP contribution in [0.15, 0.2) is 42.7 Å². The first-order chi connectivity index (χ1) is 16.1. The van der Waals surface area contributed by atoms with Crippen LogP contribution in [0.4, 0.5) is 17.1 Å². The summed E-state index contributed by atoms with van der Waals surface area (Å²) in [6.07, 6.45) is 6.51. The van der Waals surface area contributed by atoms with Crippen LogP contribution >= 0.6 is 0 Å². The molecule has 9 heteroatoms. The molecule has 9 nitrogen and oxygen atoms in total. The van der Waals surface area contributed by atoms with Crippen LogP contribution in [-0.2, 0) is 9.59 Å². The lowest BCUT2D eigenvalue weighted by Gasteiger charge is -2.30. The Morgan fingerprint density at radius 1 is 1.03 bits per heavy atom. The lowest BCUT2D eigenvalue weighted by molar-refractivity contribution is -0.134. The second kappa shape index (κ2) is 7.70. The molecule has 4 heterocycles. The molecular weight excluding hydrogens is 420 g/mol. The SMILES string of the molecule is O=C1CCC(N2C(=O)c3cccc4c(Nc5cnn(C6CCNCC6)c5)ccc2c34)C(=O)N1. The van der Waals surface area contributed by atoms with E-state index < -0.39 is 11.9 Å². The van der Waals surface area contributed by atoms with Gasteiger partial charge in [0.25, 0.3) is 5.91 Å². The van der Waals surface area contributed by atoms with E-state index in [-0.39, 0.29) is 18.2 Å². The number of aromatic nitrogens is 2. The summed E-state index contributed by atoms with van der Waals surface area (Å²) in [6.45, 7) is 2.00. The van der Waals surface area contributed by atoms with Gasteiger partial charge in [-0.05, 0) is 50.6 Å². The fraction of sp³-hybridized carbons (Fsp3) is 0.333. The zero-order chi connectivity index (χ0) is 22.5. The number of piperidine rings is 2. The Morgan fingerprint density at radius 2 is 1.88 bits per heavy atom. The molecule has 2 fully saturated rings. The van der Waals surface area contributed by atoms with Gasteiger partial charge >= 0.3 is 0 Å².